The maximum absolute atomic E-state index is 13.2. The molecule has 9 heteroatoms. The number of halogens is 2. The van der Waals surface area contributed by atoms with E-state index in [4.69, 9.17) is 9.83 Å². The van der Waals surface area contributed by atoms with Crippen molar-refractivity contribution in [2.24, 2.45) is 0 Å². The second kappa shape index (κ2) is 9.13. The van der Waals surface area contributed by atoms with E-state index < -0.39 is 10.1 Å². The Morgan fingerprint density at radius 1 is 1.23 bits per heavy atom. The maximum Gasteiger partial charge on any atom is 0.143 e. The molecular weight excluding hydrogens is 536 g/mol. The summed E-state index contributed by atoms with van der Waals surface area (Å²) in [6, 6.07) is 8.57. The number of thiol groups is 1. The van der Waals surface area contributed by atoms with E-state index in [1.807, 2.05) is 13.8 Å². The largest absolute Gasteiger partial charge is 0.506 e. The van der Waals surface area contributed by atoms with Crippen molar-refractivity contribution < 1.29 is 18.5 Å². The Kier molecular flexibility index (Phi) is 6.96. The Hall–Kier alpha value is -1.81. The zero-order valence-electron chi connectivity index (χ0n) is 16.5. The van der Waals surface area contributed by atoms with Gasteiger partial charge in [0.1, 0.15) is 23.4 Å². The average Bonchev–Trinajstić information content (AvgIpc) is 3.09. The number of phenols is 1. The average molecular weight is 558 g/mol. The number of nitrogens with one attached hydrogen (secondary N) is 2. The van der Waals surface area contributed by atoms with Crippen molar-refractivity contribution in [3.8, 4) is 5.75 Å². The van der Waals surface area contributed by atoms with E-state index in [0.717, 1.165) is 5.39 Å². The highest BCUT2D eigenvalue weighted by atomic mass is 79.9. The molecule has 3 N–H and O–H groups in total. The third kappa shape index (κ3) is 4.16. The lowest BCUT2D eigenvalue weighted by molar-refractivity contribution is -0.105. The number of aromatic hydroxyl groups is 1. The maximum atomic E-state index is 13.2. The van der Waals surface area contributed by atoms with Gasteiger partial charge >= 0.3 is 0 Å². The van der Waals surface area contributed by atoms with Gasteiger partial charge in [0.2, 0.25) is 0 Å². The fourth-order valence-corrected chi connectivity index (χ4v) is 6.43. The van der Waals surface area contributed by atoms with Crippen molar-refractivity contribution in [2.45, 2.75) is 25.2 Å². The highest BCUT2D eigenvalue weighted by Gasteiger charge is 2.23. The smallest absolute Gasteiger partial charge is 0.143 e. The second-order valence-corrected chi connectivity index (χ2v) is 11.1. The summed E-state index contributed by atoms with van der Waals surface area (Å²) in [4.78, 5) is 11.6. The summed E-state index contributed by atoms with van der Waals surface area (Å²) < 4.78 is 23.1. The molecule has 0 atom stereocenters. The Balaban J connectivity index is 2.16. The minimum absolute atomic E-state index is 0.0679. The summed E-state index contributed by atoms with van der Waals surface area (Å²) in [5, 5.41) is 19.5. The summed E-state index contributed by atoms with van der Waals surface area (Å²) in [7, 11) is -3.06. The molecule has 0 amide bonds. The molecule has 2 aromatic carbocycles. The molecule has 30 heavy (non-hydrogen) atoms. The standard InChI is InChI=1S/C21H22Br2N2O4S/c1-3-17-19(20(24)12-9-15(22)21(27)16(23)10-12)14-6-5-13(11-18(14)29-17)30(28,8-7-26)25-4-2/h5-7,9-11,24,27,30H,3-4,8H2,1-2H3,(H,25,28). The lowest BCUT2D eigenvalue weighted by atomic mass is 9.98. The van der Waals surface area contributed by atoms with E-state index >= 15 is 0 Å². The molecule has 1 heterocycles. The molecule has 0 fully saturated rings. The fourth-order valence-electron chi connectivity index (χ4n) is 3.36. The molecule has 160 valence electrons. The van der Waals surface area contributed by atoms with Crippen LogP contribution in [0.1, 0.15) is 30.7 Å². The lowest BCUT2D eigenvalue weighted by Gasteiger charge is -2.22. The number of hydrogen-bond acceptors (Lipinski definition) is 5. The first-order valence-corrected chi connectivity index (χ1v) is 12.8. The first kappa shape index (κ1) is 22.9. The Morgan fingerprint density at radius 2 is 1.90 bits per heavy atom. The molecule has 6 nitrogen and oxygen atoms in total. The van der Waals surface area contributed by atoms with Gasteiger partial charge in [0.05, 0.1) is 20.4 Å². The van der Waals surface area contributed by atoms with Crippen molar-refractivity contribution in [1.82, 2.24) is 4.72 Å². The van der Waals surface area contributed by atoms with Crippen LogP contribution in [0.2, 0.25) is 0 Å². The van der Waals surface area contributed by atoms with E-state index in [1.165, 1.54) is 0 Å². The molecule has 0 saturated heterocycles. The van der Waals surface area contributed by atoms with Gasteiger partial charge in [0.25, 0.3) is 0 Å². The first-order chi connectivity index (χ1) is 14.3. The third-order valence-electron chi connectivity index (χ3n) is 4.79. The molecule has 0 unspecified atom stereocenters. The molecule has 0 aliphatic carbocycles. The number of carbonyl (C=O) groups is 1. The van der Waals surface area contributed by atoms with E-state index in [-0.39, 0.29) is 17.2 Å². The number of fused-ring (bicyclic) bond motifs is 1. The predicted molar refractivity (Wildman–Crippen MR) is 127 cm³/mol. The first-order valence-electron chi connectivity index (χ1n) is 9.36. The molecule has 3 rings (SSSR count). The van der Waals surface area contributed by atoms with Gasteiger partial charge in [-0.25, -0.2) is 0 Å². The number of benzene rings is 2. The normalized spacial score (nSPS) is 12.3. The number of phenolic OH excluding ortho intramolecular Hbond substituents is 1. The van der Waals surface area contributed by atoms with Crippen LogP contribution in [0.25, 0.3) is 11.0 Å². The summed E-state index contributed by atoms with van der Waals surface area (Å²) in [6.45, 7) is 4.25. The molecule has 0 spiro atoms. The van der Waals surface area contributed by atoms with E-state index in [9.17, 15) is 14.1 Å². The number of hydrogen-bond donors (Lipinski definition) is 4. The van der Waals surface area contributed by atoms with Gasteiger partial charge in [-0.15, -0.1) is 0 Å². The zero-order chi connectivity index (χ0) is 22.1. The highest BCUT2D eigenvalue weighted by Crippen LogP contribution is 2.36. The van der Waals surface area contributed by atoms with Crippen LogP contribution < -0.4 is 4.72 Å². The number of aryl methyl sites for hydroxylation is 1. The molecule has 0 aliphatic heterocycles. The molecule has 0 radical (unpaired) electrons. The van der Waals surface area contributed by atoms with Gasteiger partial charge in [0, 0.05) is 34.4 Å². The van der Waals surface area contributed by atoms with E-state index in [0.29, 0.717) is 55.6 Å². The number of furan rings is 1. The van der Waals surface area contributed by atoms with Gasteiger partial charge in [0.15, 0.2) is 0 Å². The number of aldehydes is 1. The molecular formula is C21H22Br2N2O4S. The Bertz CT molecular complexity index is 1170. The molecule has 0 bridgehead atoms. The van der Waals surface area contributed by atoms with Crippen LogP contribution in [0.15, 0.2) is 48.6 Å². The van der Waals surface area contributed by atoms with Crippen molar-refractivity contribution in [3.05, 3.63) is 56.2 Å². The Morgan fingerprint density at radius 3 is 2.47 bits per heavy atom. The monoisotopic (exact) mass is 556 g/mol. The molecule has 0 aliphatic rings. The van der Waals surface area contributed by atoms with Crippen LogP contribution in [0.4, 0.5) is 0 Å². The van der Waals surface area contributed by atoms with Crippen LogP contribution in [0.5, 0.6) is 5.75 Å². The third-order valence-corrected chi connectivity index (χ3v) is 8.60. The summed E-state index contributed by atoms with van der Waals surface area (Å²) in [5.74, 6) is 0.616. The van der Waals surface area contributed by atoms with Crippen LogP contribution in [-0.4, -0.2) is 33.6 Å². The minimum atomic E-state index is -3.06. The van der Waals surface area contributed by atoms with Crippen LogP contribution in [0, 0.1) is 5.41 Å². The van der Waals surface area contributed by atoms with E-state index in [1.54, 1.807) is 30.3 Å². The van der Waals surface area contributed by atoms with Crippen molar-refractivity contribution in [3.63, 3.8) is 0 Å². The SMILES string of the molecule is CCN[SH](=O)(CC=O)c1ccc2c(C(=N)c3cc(Br)c(O)c(Br)c3)c(CC)oc2c1. The molecule has 0 saturated carbocycles. The van der Waals surface area contributed by atoms with E-state index in [2.05, 4.69) is 36.6 Å². The predicted octanol–water partition coefficient (Wildman–Crippen LogP) is 4.74. The number of carbonyl (C=O) groups excluding carboxylic acids is 1. The molecule has 1 aromatic heterocycles. The number of rotatable bonds is 8. The summed E-state index contributed by atoms with van der Waals surface area (Å²) >= 11 is 6.62. The summed E-state index contributed by atoms with van der Waals surface area (Å²) in [6.07, 6.45) is 1.23. The second-order valence-electron chi connectivity index (χ2n) is 6.70. The van der Waals surface area contributed by atoms with Crippen LogP contribution >= 0.6 is 31.9 Å². The van der Waals surface area contributed by atoms with Crippen molar-refractivity contribution in [2.75, 3.05) is 12.3 Å². The minimum Gasteiger partial charge on any atom is -0.506 e. The van der Waals surface area contributed by atoms with Gasteiger partial charge in [-0.2, -0.15) is 0 Å². The molecule has 3 aromatic rings. The quantitative estimate of drug-likeness (QED) is 0.182. The highest BCUT2D eigenvalue weighted by molar-refractivity contribution is 9.11. The van der Waals surface area contributed by atoms with Crippen LogP contribution in [0.3, 0.4) is 0 Å². The van der Waals surface area contributed by atoms with Gasteiger partial charge in [-0.05, 0) is 72.3 Å². The van der Waals surface area contributed by atoms with Crippen molar-refractivity contribution >= 4 is 64.9 Å². The van der Waals surface area contributed by atoms with Gasteiger partial charge in [-0.3, -0.25) is 14.3 Å². The zero-order valence-corrected chi connectivity index (χ0v) is 20.5. The Labute approximate surface area is 192 Å². The lowest BCUT2D eigenvalue weighted by Crippen LogP contribution is -2.34. The fraction of sp³-hybridized carbons (Fsp3) is 0.238. The topological polar surface area (TPSA) is 103 Å². The summed E-state index contributed by atoms with van der Waals surface area (Å²) in [5.41, 5.74) is 2.03. The van der Waals surface area contributed by atoms with Gasteiger partial charge in [-0.1, -0.05) is 13.8 Å². The van der Waals surface area contributed by atoms with Crippen LogP contribution in [-0.2, 0) is 21.3 Å². The van der Waals surface area contributed by atoms with Gasteiger partial charge < -0.3 is 14.3 Å². The van der Waals surface area contributed by atoms with Crippen molar-refractivity contribution in [1.29, 1.82) is 5.41 Å².